The van der Waals surface area contributed by atoms with Crippen LogP contribution in [0, 0.1) is 5.92 Å². The summed E-state index contributed by atoms with van der Waals surface area (Å²) in [5.41, 5.74) is 2.62. The van der Waals surface area contributed by atoms with E-state index in [1.54, 1.807) is 0 Å². The molecule has 1 aromatic carbocycles. The minimum Gasteiger partial charge on any atom is -0.356 e. The van der Waals surface area contributed by atoms with Gasteiger partial charge < -0.3 is 15.1 Å². The number of carbonyl (C=O) groups excluding carboxylic acids is 1. The highest BCUT2D eigenvalue weighted by molar-refractivity contribution is 7.09. The number of guanidine groups is 1. The van der Waals surface area contributed by atoms with Crippen LogP contribution in [0.4, 0.5) is 5.69 Å². The molecule has 160 valence electrons. The van der Waals surface area contributed by atoms with E-state index in [1.807, 2.05) is 23.3 Å². The number of hydrogen-bond donors (Lipinski definition) is 1. The highest BCUT2D eigenvalue weighted by atomic mass is 32.1. The van der Waals surface area contributed by atoms with Crippen LogP contribution in [0.5, 0.6) is 0 Å². The van der Waals surface area contributed by atoms with Gasteiger partial charge in [-0.15, -0.1) is 11.3 Å². The molecular weight excluding hydrogens is 392 g/mol. The maximum atomic E-state index is 12.0. The van der Waals surface area contributed by atoms with Crippen molar-refractivity contribution in [1.82, 2.24) is 10.2 Å². The number of aliphatic imine (C=N–C) groups is 1. The van der Waals surface area contributed by atoms with E-state index in [0.717, 1.165) is 51.4 Å². The van der Waals surface area contributed by atoms with Crippen LogP contribution in [-0.2, 0) is 11.2 Å². The number of fused-ring (bicyclic) bond motifs is 1. The molecule has 1 saturated heterocycles. The Balaban J connectivity index is 1.39. The molecule has 30 heavy (non-hydrogen) atoms. The van der Waals surface area contributed by atoms with E-state index in [9.17, 15) is 4.79 Å². The summed E-state index contributed by atoms with van der Waals surface area (Å²) in [7, 11) is 1.87. The fourth-order valence-corrected chi connectivity index (χ4v) is 5.47. The van der Waals surface area contributed by atoms with Gasteiger partial charge in [-0.3, -0.25) is 9.79 Å². The first-order valence-electron chi connectivity index (χ1n) is 11.0. The van der Waals surface area contributed by atoms with E-state index in [2.05, 4.69) is 63.9 Å². The third kappa shape index (κ3) is 4.69. The van der Waals surface area contributed by atoms with Crippen molar-refractivity contribution in [2.45, 2.75) is 38.5 Å². The number of benzene rings is 1. The van der Waals surface area contributed by atoms with Gasteiger partial charge in [0, 0.05) is 56.1 Å². The summed E-state index contributed by atoms with van der Waals surface area (Å²) in [6, 6.07) is 13.0. The Labute approximate surface area is 183 Å². The molecule has 0 spiro atoms. The van der Waals surface area contributed by atoms with E-state index in [-0.39, 0.29) is 0 Å². The van der Waals surface area contributed by atoms with Gasteiger partial charge in [0.1, 0.15) is 0 Å². The molecule has 2 aromatic rings. The van der Waals surface area contributed by atoms with Gasteiger partial charge in [0.2, 0.25) is 5.91 Å². The number of para-hydroxylation sites is 1. The van der Waals surface area contributed by atoms with Crippen molar-refractivity contribution in [3.05, 3.63) is 52.2 Å². The average molecular weight is 425 g/mol. The summed E-state index contributed by atoms with van der Waals surface area (Å²) in [5, 5.41) is 5.75. The summed E-state index contributed by atoms with van der Waals surface area (Å²) in [4.78, 5) is 22.4. The maximum absolute atomic E-state index is 12.0. The molecule has 0 bridgehead atoms. The summed E-state index contributed by atoms with van der Waals surface area (Å²) in [6.45, 7) is 5.88. The second kappa shape index (κ2) is 9.65. The van der Waals surface area contributed by atoms with E-state index >= 15 is 0 Å². The van der Waals surface area contributed by atoms with Crippen LogP contribution in [0.25, 0.3) is 0 Å². The first kappa shape index (κ1) is 20.9. The van der Waals surface area contributed by atoms with Crippen LogP contribution in [0.15, 0.2) is 46.8 Å². The minimum atomic E-state index is 0.315. The molecule has 6 heteroatoms. The number of anilines is 1. The Bertz CT molecular complexity index is 879. The molecule has 1 aromatic heterocycles. The normalized spacial score (nSPS) is 20.0. The molecule has 2 unspecified atom stereocenters. The fourth-order valence-electron chi connectivity index (χ4n) is 4.60. The zero-order valence-electron chi connectivity index (χ0n) is 18.0. The van der Waals surface area contributed by atoms with Crippen LogP contribution in [0.2, 0.25) is 0 Å². The van der Waals surface area contributed by atoms with Gasteiger partial charge >= 0.3 is 0 Å². The van der Waals surface area contributed by atoms with Gasteiger partial charge in [-0.1, -0.05) is 31.2 Å². The van der Waals surface area contributed by atoms with E-state index < -0.39 is 0 Å². The van der Waals surface area contributed by atoms with Crippen LogP contribution >= 0.6 is 11.3 Å². The van der Waals surface area contributed by atoms with Gasteiger partial charge in [-0.25, -0.2) is 0 Å². The second-order valence-electron chi connectivity index (χ2n) is 8.46. The molecule has 1 amide bonds. The fraction of sp³-hybridized carbons (Fsp3) is 0.500. The predicted molar refractivity (Wildman–Crippen MR) is 126 cm³/mol. The first-order chi connectivity index (χ1) is 14.7. The van der Waals surface area contributed by atoms with Crippen molar-refractivity contribution < 1.29 is 4.79 Å². The first-order valence-corrected chi connectivity index (χ1v) is 11.9. The Kier molecular flexibility index (Phi) is 6.72. The number of hydrogen-bond acceptors (Lipinski definition) is 3. The monoisotopic (exact) mass is 424 g/mol. The zero-order chi connectivity index (χ0) is 20.9. The van der Waals surface area contributed by atoms with Crippen molar-refractivity contribution in [3.63, 3.8) is 0 Å². The third-order valence-corrected chi connectivity index (χ3v) is 7.09. The molecular formula is C24H32N4OS. The van der Waals surface area contributed by atoms with Crippen LogP contribution in [0.3, 0.4) is 0 Å². The highest BCUT2D eigenvalue weighted by Gasteiger charge is 2.32. The molecule has 1 fully saturated rings. The number of nitrogens with one attached hydrogen (secondary N) is 1. The minimum absolute atomic E-state index is 0.315. The molecule has 5 nitrogen and oxygen atoms in total. The van der Waals surface area contributed by atoms with Gasteiger partial charge in [-0.05, 0) is 48.3 Å². The predicted octanol–water partition coefficient (Wildman–Crippen LogP) is 4.12. The SMILES string of the molecule is CN=C(NCC(C)Cc1cccs1)N1CC(CCN2CCCC2=O)c2ccccc21. The maximum Gasteiger partial charge on any atom is 0.222 e. The lowest BCUT2D eigenvalue weighted by Crippen LogP contribution is -2.43. The molecule has 2 atom stereocenters. The largest absolute Gasteiger partial charge is 0.356 e. The lowest BCUT2D eigenvalue weighted by Gasteiger charge is -2.24. The summed E-state index contributed by atoms with van der Waals surface area (Å²) in [5.74, 6) is 2.22. The Morgan fingerprint density at radius 2 is 2.17 bits per heavy atom. The zero-order valence-corrected chi connectivity index (χ0v) is 18.8. The molecule has 2 aliphatic heterocycles. The molecule has 1 N–H and O–H groups in total. The Morgan fingerprint density at radius 3 is 2.90 bits per heavy atom. The van der Waals surface area contributed by atoms with E-state index in [1.165, 1.54) is 16.1 Å². The summed E-state index contributed by atoms with van der Waals surface area (Å²) < 4.78 is 0. The van der Waals surface area contributed by atoms with Gasteiger partial charge in [0.05, 0.1) is 0 Å². The van der Waals surface area contributed by atoms with E-state index in [4.69, 9.17) is 0 Å². The molecule has 0 aliphatic carbocycles. The van der Waals surface area contributed by atoms with Gasteiger partial charge in [-0.2, -0.15) is 0 Å². The molecule has 3 heterocycles. The highest BCUT2D eigenvalue weighted by Crippen LogP contribution is 2.38. The molecule has 4 rings (SSSR count). The van der Waals surface area contributed by atoms with Crippen molar-refractivity contribution in [2.24, 2.45) is 10.9 Å². The second-order valence-corrected chi connectivity index (χ2v) is 9.49. The lowest BCUT2D eigenvalue weighted by atomic mass is 9.98. The van der Waals surface area contributed by atoms with Crippen molar-refractivity contribution in [1.29, 1.82) is 0 Å². The smallest absolute Gasteiger partial charge is 0.222 e. The van der Waals surface area contributed by atoms with E-state index in [0.29, 0.717) is 24.2 Å². The van der Waals surface area contributed by atoms with Crippen molar-refractivity contribution in [3.8, 4) is 0 Å². The van der Waals surface area contributed by atoms with Crippen molar-refractivity contribution >= 4 is 28.9 Å². The van der Waals surface area contributed by atoms with Crippen LogP contribution in [0.1, 0.15) is 42.5 Å². The number of likely N-dealkylation sites (tertiary alicyclic amines) is 1. The number of rotatable bonds is 7. The third-order valence-electron chi connectivity index (χ3n) is 6.20. The average Bonchev–Trinajstić information content (AvgIpc) is 3.48. The standard InChI is InChI=1S/C24H32N4OS/c1-18(15-20-7-6-14-30-20)16-26-24(25-2)28-17-19(21-8-3-4-9-22(21)28)11-13-27-12-5-10-23(27)29/h3-4,6-9,14,18-19H,5,10-13,15-17H2,1-2H3,(H,25,26). The molecule has 0 radical (unpaired) electrons. The van der Waals surface area contributed by atoms with Gasteiger partial charge in [0.25, 0.3) is 0 Å². The molecule has 2 aliphatic rings. The number of carbonyl (C=O) groups is 1. The number of nitrogens with zero attached hydrogens (tertiary/aromatic N) is 3. The Hall–Kier alpha value is -2.34. The summed E-state index contributed by atoms with van der Waals surface area (Å²) >= 11 is 1.83. The Morgan fingerprint density at radius 1 is 1.30 bits per heavy atom. The topological polar surface area (TPSA) is 47.9 Å². The van der Waals surface area contributed by atoms with Gasteiger partial charge in [0.15, 0.2) is 5.96 Å². The van der Waals surface area contributed by atoms with Crippen LogP contribution in [-0.4, -0.2) is 50.0 Å². The number of thiophene rings is 1. The van der Waals surface area contributed by atoms with Crippen molar-refractivity contribution in [2.75, 3.05) is 38.1 Å². The van der Waals surface area contributed by atoms with Crippen LogP contribution < -0.4 is 10.2 Å². The quantitative estimate of drug-likeness (QED) is 0.537. The molecule has 0 saturated carbocycles. The number of amides is 1. The summed E-state index contributed by atoms with van der Waals surface area (Å²) in [6.07, 6.45) is 3.82. The lowest BCUT2D eigenvalue weighted by molar-refractivity contribution is -0.127.